The second-order valence-electron chi connectivity index (χ2n) is 15.7. The number of hydrogen-bond acceptors (Lipinski definition) is 12. The molecule has 20 nitrogen and oxygen atoms in total. The van der Waals surface area contributed by atoms with Crippen molar-refractivity contribution in [3.8, 4) is 0 Å². The Balaban J connectivity index is 1.39. The first-order valence-electron chi connectivity index (χ1n) is 23.0. The minimum atomic E-state index is -0.906. The summed E-state index contributed by atoms with van der Waals surface area (Å²) >= 11 is 0. The summed E-state index contributed by atoms with van der Waals surface area (Å²) < 4.78 is 13.2. The molecule has 2 heterocycles. The Morgan fingerprint density at radius 1 is 0.500 bits per heavy atom. The maximum Gasteiger partial charge on any atom is 0.328 e. The first-order chi connectivity index (χ1) is 30.8. The van der Waals surface area contributed by atoms with E-state index in [-0.39, 0.29) is 61.5 Å². The van der Waals surface area contributed by atoms with E-state index in [9.17, 15) is 47.9 Å². The van der Waals surface area contributed by atoms with E-state index in [0.717, 1.165) is 51.4 Å². The van der Waals surface area contributed by atoms with Crippen molar-refractivity contribution in [1.29, 1.82) is 0 Å². The minimum Gasteiger partial charge on any atom is -0.466 e. The highest BCUT2D eigenvalue weighted by Crippen LogP contribution is 2.14. The Morgan fingerprint density at radius 2 is 0.828 bits per heavy atom. The van der Waals surface area contributed by atoms with E-state index in [4.69, 9.17) is 9.47 Å². The largest absolute Gasteiger partial charge is 0.466 e. The average Bonchev–Trinajstić information content (AvgIpc) is 3.25. The van der Waals surface area contributed by atoms with Crippen LogP contribution in [0.15, 0.2) is 31.6 Å². The Labute approximate surface area is 373 Å². The lowest BCUT2D eigenvalue weighted by atomic mass is 10.1. The summed E-state index contributed by atoms with van der Waals surface area (Å²) in [6.45, 7) is 8.67. The lowest BCUT2D eigenvalue weighted by Gasteiger charge is -2.16. The zero-order valence-electron chi connectivity index (χ0n) is 38.1. The summed E-state index contributed by atoms with van der Waals surface area (Å²) in [5.74, 6) is -2.29. The van der Waals surface area contributed by atoms with Crippen LogP contribution in [0.2, 0.25) is 0 Å². The molecule has 2 aromatic rings. The molecule has 2 aromatic heterocycles. The van der Waals surface area contributed by atoms with Gasteiger partial charge in [-0.15, -0.1) is 0 Å². The van der Waals surface area contributed by atoms with E-state index >= 15 is 0 Å². The molecule has 0 bridgehead atoms. The Bertz CT molecular complexity index is 1890. The molecule has 64 heavy (non-hydrogen) atoms. The predicted molar refractivity (Wildman–Crippen MR) is 239 cm³/mol. The monoisotopic (exact) mass is 903 g/mol. The zero-order chi connectivity index (χ0) is 47.3. The van der Waals surface area contributed by atoms with E-state index in [2.05, 4.69) is 31.2 Å². The molecule has 0 aliphatic rings. The van der Waals surface area contributed by atoms with Crippen LogP contribution < -0.4 is 43.8 Å². The van der Waals surface area contributed by atoms with Gasteiger partial charge < -0.3 is 20.1 Å². The van der Waals surface area contributed by atoms with Gasteiger partial charge in [0.25, 0.3) is 22.9 Å². The van der Waals surface area contributed by atoms with Crippen LogP contribution in [0.4, 0.5) is 9.59 Å². The number of aromatic nitrogens is 4. The number of carbonyl (C=O) groups excluding carboxylic acids is 6. The van der Waals surface area contributed by atoms with E-state index in [1.165, 1.54) is 21.5 Å². The molecule has 358 valence electrons. The van der Waals surface area contributed by atoms with Gasteiger partial charge in [-0.3, -0.25) is 58.5 Å². The van der Waals surface area contributed by atoms with Crippen LogP contribution in [0.25, 0.3) is 0 Å². The van der Waals surface area contributed by atoms with Crippen molar-refractivity contribution >= 4 is 35.8 Å². The molecule has 0 aliphatic carbocycles. The van der Waals surface area contributed by atoms with Gasteiger partial charge in [-0.25, -0.2) is 19.2 Å². The third-order valence-corrected chi connectivity index (χ3v) is 10.8. The molecule has 0 saturated carbocycles. The fraction of sp³-hybridized carbons (Fsp3) is 0.682. The molecule has 0 atom stereocenters. The number of hydrogen-bond donors (Lipinski definition) is 6. The van der Waals surface area contributed by atoms with E-state index in [1.54, 1.807) is 0 Å². The van der Waals surface area contributed by atoms with Gasteiger partial charge in [0, 0.05) is 50.4 Å². The van der Waals surface area contributed by atoms with Crippen LogP contribution in [0.1, 0.15) is 189 Å². The quantitative estimate of drug-likeness (QED) is 0.0430. The molecule has 0 radical (unpaired) electrons. The number of nitrogens with zero attached hydrogens (tertiary/aromatic N) is 2. The number of amides is 6. The molecule has 2 rings (SSSR count). The standard InChI is InChI=1S/C44H70N8O12/c1-5-31(6-2)51-29-33(39(57)49-43(51)61)37(55)47-41(59)45-25-19-15-21-27-63-35(53)23-17-13-11-9-10-12-14-18-24-36(54)64-28-22-16-20-26-46-42(60)48-38(56)34-30-52(32(7-3)8-4)44(62)50-40(34)58/h29-32H,5-28H2,1-4H3,(H,49,57,61)(H,50,58,62)(H2,45,47,55,59)(H2,46,48,56,60). The van der Waals surface area contributed by atoms with Crippen molar-refractivity contribution in [3.05, 3.63) is 65.2 Å². The highest BCUT2D eigenvalue weighted by atomic mass is 16.5. The third-order valence-electron chi connectivity index (χ3n) is 10.8. The van der Waals surface area contributed by atoms with E-state index in [0.29, 0.717) is 77.0 Å². The third kappa shape index (κ3) is 20.6. The number of aromatic amines is 2. The molecule has 0 aliphatic heterocycles. The van der Waals surface area contributed by atoms with Crippen LogP contribution in [0.3, 0.4) is 0 Å². The highest BCUT2D eigenvalue weighted by Gasteiger charge is 2.20. The summed E-state index contributed by atoms with van der Waals surface area (Å²) in [5.41, 5.74) is -3.61. The number of imide groups is 2. The molecule has 6 N–H and O–H groups in total. The van der Waals surface area contributed by atoms with Crippen LogP contribution >= 0.6 is 0 Å². The number of carbonyl (C=O) groups is 6. The molecular weight excluding hydrogens is 833 g/mol. The Morgan fingerprint density at radius 3 is 1.17 bits per heavy atom. The van der Waals surface area contributed by atoms with Crippen LogP contribution in [-0.2, 0) is 19.1 Å². The fourth-order valence-corrected chi connectivity index (χ4v) is 6.96. The summed E-state index contributed by atoms with van der Waals surface area (Å²) in [4.78, 5) is 126. The number of nitrogens with one attached hydrogen (secondary N) is 6. The van der Waals surface area contributed by atoms with Gasteiger partial charge in [0.2, 0.25) is 0 Å². The topological polar surface area (TPSA) is 279 Å². The zero-order valence-corrected chi connectivity index (χ0v) is 38.1. The molecule has 0 unspecified atom stereocenters. The molecule has 6 amide bonds. The summed E-state index contributed by atoms with van der Waals surface area (Å²) in [6.07, 6.45) is 16.9. The summed E-state index contributed by atoms with van der Waals surface area (Å²) in [5, 5.41) is 9.35. The van der Waals surface area contributed by atoms with Gasteiger partial charge in [-0.05, 0) is 77.0 Å². The van der Waals surface area contributed by atoms with Gasteiger partial charge in [0.15, 0.2) is 0 Å². The van der Waals surface area contributed by atoms with Crippen molar-refractivity contribution in [1.82, 2.24) is 40.4 Å². The number of esters is 2. The molecule has 0 spiro atoms. The van der Waals surface area contributed by atoms with Gasteiger partial charge >= 0.3 is 35.4 Å². The first kappa shape index (κ1) is 54.3. The van der Waals surface area contributed by atoms with Crippen LogP contribution in [0.5, 0.6) is 0 Å². The van der Waals surface area contributed by atoms with Gasteiger partial charge in [0.05, 0.1) is 13.2 Å². The molecule has 0 saturated heterocycles. The van der Waals surface area contributed by atoms with E-state index < -0.39 is 46.4 Å². The Hall–Kier alpha value is -5.82. The average molecular weight is 903 g/mol. The van der Waals surface area contributed by atoms with Crippen LogP contribution in [-0.4, -0.2) is 81.2 Å². The van der Waals surface area contributed by atoms with Gasteiger partial charge in [-0.2, -0.15) is 0 Å². The Kier molecular flexibility index (Phi) is 26.4. The number of ether oxygens (including phenoxy) is 2. The fourth-order valence-electron chi connectivity index (χ4n) is 6.96. The number of rotatable bonds is 31. The highest BCUT2D eigenvalue weighted by molar-refractivity contribution is 6.04. The lowest BCUT2D eigenvalue weighted by molar-refractivity contribution is -0.144. The van der Waals surface area contributed by atoms with Crippen LogP contribution in [0, 0.1) is 0 Å². The summed E-state index contributed by atoms with van der Waals surface area (Å²) in [7, 11) is 0. The second-order valence-corrected chi connectivity index (χ2v) is 15.7. The van der Waals surface area contributed by atoms with Gasteiger partial charge in [0.1, 0.15) is 11.1 Å². The predicted octanol–water partition coefficient (Wildman–Crippen LogP) is 5.02. The van der Waals surface area contributed by atoms with Crippen molar-refractivity contribution in [2.45, 2.75) is 168 Å². The smallest absolute Gasteiger partial charge is 0.328 e. The number of unbranched alkanes of at least 4 members (excludes halogenated alkanes) is 11. The number of H-pyrrole nitrogens is 2. The molecule has 0 fully saturated rings. The van der Waals surface area contributed by atoms with Crippen molar-refractivity contribution in [3.63, 3.8) is 0 Å². The maximum absolute atomic E-state index is 12.5. The SMILES string of the molecule is CCC(CC)n1cc(C(=O)NC(=O)NCCCCCOC(=O)CCCCCCCCCCC(=O)OCCCCCNC(=O)NC(=O)c2cn(C(CC)CC)c(=O)[nH]c2=O)c(=O)[nH]c1=O. The van der Waals surface area contributed by atoms with Crippen molar-refractivity contribution in [2.75, 3.05) is 26.3 Å². The van der Waals surface area contributed by atoms with Crippen molar-refractivity contribution in [2.24, 2.45) is 0 Å². The molecule has 20 heteroatoms. The van der Waals surface area contributed by atoms with Gasteiger partial charge in [-0.1, -0.05) is 66.2 Å². The minimum absolute atomic E-state index is 0.191. The molecule has 0 aromatic carbocycles. The first-order valence-corrected chi connectivity index (χ1v) is 23.0. The maximum atomic E-state index is 12.5. The van der Waals surface area contributed by atoms with E-state index in [1.807, 2.05) is 27.7 Å². The molecular formula is C44H70N8O12. The second kappa shape index (κ2) is 31.1. The lowest BCUT2D eigenvalue weighted by Crippen LogP contribution is -2.43. The van der Waals surface area contributed by atoms with Crippen molar-refractivity contribution < 1.29 is 38.2 Å². The number of urea groups is 2. The summed E-state index contributed by atoms with van der Waals surface area (Å²) in [6, 6.07) is -1.90. The normalized spacial score (nSPS) is 11.0.